The van der Waals surface area contributed by atoms with Gasteiger partial charge in [0.2, 0.25) is 0 Å². The molecule has 0 amide bonds. The molecule has 0 bridgehead atoms. The molecule has 14 heavy (non-hydrogen) atoms. The van der Waals surface area contributed by atoms with E-state index in [1.807, 2.05) is 0 Å². The van der Waals surface area contributed by atoms with Gasteiger partial charge in [-0.1, -0.05) is 0 Å². The summed E-state index contributed by atoms with van der Waals surface area (Å²) in [5.41, 5.74) is 0. The Morgan fingerprint density at radius 2 is 2.43 bits per heavy atom. The van der Waals surface area contributed by atoms with Crippen molar-refractivity contribution in [3.63, 3.8) is 0 Å². The van der Waals surface area contributed by atoms with Crippen LogP contribution < -0.4 is 0 Å². The van der Waals surface area contributed by atoms with Gasteiger partial charge in [0.05, 0.1) is 6.61 Å². The van der Waals surface area contributed by atoms with Crippen LogP contribution in [-0.2, 0) is 9.30 Å². The molecule has 0 aliphatic heterocycles. The minimum absolute atomic E-state index is 0.0592. The minimum atomic E-state index is -4.24. The maximum atomic E-state index is 11.1. The predicted molar refractivity (Wildman–Crippen MR) is 48.6 cm³/mol. The second-order valence-electron chi connectivity index (χ2n) is 2.65. The zero-order valence-electron chi connectivity index (χ0n) is 7.70. The zero-order valence-corrected chi connectivity index (χ0v) is 8.59. The minimum Gasteiger partial charge on any atom is -0.379 e. The van der Waals surface area contributed by atoms with E-state index in [1.165, 1.54) is 12.3 Å². The molecular weight excluding hydrogens is 207 g/mol. The van der Waals surface area contributed by atoms with E-state index in [9.17, 15) is 4.57 Å². The van der Waals surface area contributed by atoms with Crippen LogP contribution in [0, 0.1) is 6.20 Å². The SMILES string of the molecule is CCOCC(n1cc[c]n1)P(=O)(O)O. The average Bonchev–Trinajstić information content (AvgIpc) is 2.55. The van der Waals surface area contributed by atoms with Crippen molar-refractivity contribution in [2.45, 2.75) is 12.7 Å². The molecule has 0 aromatic carbocycles. The average molecular weight is 219 g/mol. The van der Waals surface area contributed by atoms with E-state index in [0.29, 0.717) is 6.61 Å². The molecule has 1 aromatic rings. The van der Waals surface area contributed by atoms with Gasteiger partial charge in [-0.15, -0.1) is 0 Å². The maximum Gasteiger partial charge on any atom is 0.352 e. The molecule has 6 nitrogen and oxygen atoms in total. The summed E-state index contributed by atoms with van der Waals surface area (Å²) in [6.45, 7) is 2.10. The molecule has 2 N–H and O–H groups in total. The fourth-order valence-corrected chi connectivity index (χ4v) is 1.70. The standard InChI is InChI=1S/C7H12N2O4P/c1-2-13-6-7(14(10,11)12)9-5-3-4-8-9/h3,5,7H,2,6H2,1H3,(H2,10,11,12). The van der Waals surface area contributed by atoms with E-state index < -0.39 is 13.4 Å². The largest absolute Gasteiger partial charge is 0.379 e. The van der Waals surface area contributed by atoms with Crippen LogP contribution in [0.3, 0.4) is 0 Å². The van der Waals surface area contributed by atoms with Crippen LogP contribution in [-0.4, -0.2) is 32.8 Å². The third kappa shape index (κ3) is 2.92. The van der Waals surface area contributed by atoms with Crippen molar-refractivity contribution < 1.29 is 19.1 Å². The summed E-state index contributed by atoms with van der Waals surface area (Å²) in [5.74, 6) is -1.06. The van der Waals surface area contributed by atoms with Crippen molar-refractivity contribution in [2.75, 3.05) is 13.2 Å². The molecule has 0 saturated heterocycles. The molecule has 0 fully saturated rings. The van der Waals surface area contributed by atoms with Crippen LogP contribution in [0.2, 0.25) is 0 Å². The summed E-state index contributed by atoms with van der Waals surface area (Å²) in [5, 5.41) is 3.66. The monoisotopic (exact) mass is 219 g/mol. The summed E-state index contributed by atoms with van der Waals surface area (Å²) in [6.07, 6.45) is 3.92. The van der Waals surface area contributed by atoms with Crippen LogP contribution in [0.4, 0.5) is 0 Å². The molecular formula is C7H12N2O4P. The van der Waals surface area contributed by atoms with Crippen molar-refractivity contribution in [3.05, 3.63) is 18.5 Å². The van der Waals surface area contributed by atoms with Gasteiger partial charge in [0, 0.05) is 12.8 Å². The topological polar surface area (TPSA) is 84.6 Å². The Morgan fingerprint density at radius 1 is 1.71 bits per heavy atom. The summed E-state index contributed by atoms with van der Waals surface area (Å²) in [6, 6.07) is 1.48. The number of ether oxygens (including phenoxy) is 1. The Labute approximate surface area is 81.7 Å². The van der Waals surface area contributed by atoms with Gasteiger partial charge < -0.3 is 14.5 Å². The lowest BCUT2D eigenvalue weighted by Crippen LogP contribution is -2.16. The fraction of sp³-hybridized carbons (Fsp3) is 0.571. The van der Waals surface area contributed by atoms with E-state index in [2.05, 4.69) is 11.3 Å². The van der Waals surface area contributed by atoms with E-state index in [4.69, 9.17) is 14.5 Å². The van der Waals surface area contributed by atoms with Crippen LogP contribution in [0.25, 0.3) is 0 Å². The zero-order chi connectivity index (χ0) is 10.6. The van der Waals surface area contributed by atoms with Gasteiger partial charge in [0.1, 0.15) is 6.20 Å². The van der Waals surface area contributed by atoms with Gasteiger partial charge in [0.25, 0.3) is 0 Å². The molecule has 1 rings (SSSR count). The van der Waals surface area contributed by atoms with Crippen LogP contribution in [0.1, 0.15) is 12.7 Å². The summed E-state index contributed by atoms with van der Waals surface area (Å²) in [4.78, 5) is 18.1. The molecule has 1 aromatic heterocycles. The smallest absolute Gasteiger partial charge is 0.352 e. The number of hydrogen-bond acceptors (Lipinski definition) is 3. The highest BCUT2D eigenvalue weighted by Crippen LogP contribution is 2.48. The highest BCUT2D eigenvalue weighted by Gasteiger charge is 2.30. The second-order valence-corrected chi connectivity index (χ2v) is 4.43. The lowest BCUT2D eigenvalue weighted by Gasteiger charge is -2.18. The molecule has 1 atom stereocenters. The van der Waals surface area contributed by atoms with E-state index in [0.717, 1.165) is 4.68 Å². The summed E-state index contributed by atoms with van der Waals surface area (Å²) in [7, 11) is -4.24. The Morgan fingerprint density at radius 3 is 2.86 bits per heavy atom. The molecule has 1 heterocycles. The molecule has 0 spiro atoms. The molecule has 79 valence electrons. The van der Waals surface area contributed by atoms with E-state index in [-0.39, 0.29) is 6.61 Å². The fourth-order valence-electron chi connectivity index (χ4n) is 0.960. The third-order valence-electron chi connectivity index (χ3n) is 1.64. The predicted octanol–water partition coefficient (Wildman–Crippen LogP) is 0.396. The summed E-state index contributed by atoms with van der Waals surface area (Å²) < 4.78 is 17.2. The molecule has 7 heteroatoms. The summed E-state index contributed by atoms with van der Waals surface area (Å²) >= 11 is 0. The van der Waals surface area contributed by atoms with E-state index in [1.54, 1.807) is 6.92 Å². The van der Waals surface area contributed by atoms with Crippen LogP contribution in [0.5, 0.6) is 0 Å². The molecule has 0 aliphatic carbocycles. The Bertz CT molecular complexity index is 307. The Hall–Kier alpha value is -0.680. The van der Waals surface area contributed by atoms with Gasteiger partial charge >= 0.3 is 7.60 Å². The molecule has 0 saturated carbocycles. The maximum absolute atomic E-state index is 11.1. The normalized spacial score (nSPS) is 14.2. The molecule has 1 radical (unpaired) electrons. The number of hydrogen-bond donors (Lipinski definition) is 2. The lowest BCUT2D eigenvalue weighted by atomic mass is 10.6. The van der Waals surface area contributed by atoms with Crippen molar-refractivity contribution in [1.82, 2.24) is 9.78 Å². The first-order valence-electron chi connectivity index (χ1n) is 4.10. The lowest BCUT2D eigenvalue weighted by molar-refractivity contribution is 0.122. The highest BCUT2D eigenvalue weighted by atomic mass is 31.2. The highest BCUT2D eigenvalue weighted by molar-refractivity contribution is 7.51. The van der Waals surface area contributed by atoms with Gasteiger partial charge in [-0.25, -0.2) is 0 Å². The first kappa shape index (κ1) is 11.4. The molecule has 0 aliphatic rings. The van der Waals surface area contributed by atoms with Gasteiger partial charge in [-0.2, -0.15) is 5.10 Å². The van der Waals surface area contributed by atoms with Crippen molar-refractivity contribution >= 4 is 7.60 Å². The number of aromatic nitrogens is 2. The first-order chi connectivity index (χ1) is 6.55. The van der Waals surface area contributed by atoms with Crippen LogP contribution in [0.15, 0.2) is 12.3 Å². The molecule has 1 unspecified atom stereocenters. The number of rotatable bonds is 5. The van der Waals surface area contributed by atoms with Crippen molar-refractivity contribution in [3.8, 4) is 0 Å². The van der Waals surface area contributed by atoms with Crippen LogP contribution >= 0.6 is 7.60 Å². The second kappa shape index (κ2) is 4.70. The third-order valence-corrected chi connectivity index (χ3v) is 2.80. The Balaban J connectivity index is 2.78. The van der Waals surface area contributed by atoms with Crippen molar-refractivity contribution in [1.29, 1.82) is 0 Å². The number of nitrogens with zero attached hydrogens (tertiary/aromatic N) is 2. The van der Waals surface area contributed by atoms with Crippen molar-refractivity contribution in [2.24, 2.45) is 0 Å². The van der Waals surface area contributed by atoms with Gasteiger partial charge in [-0.3, -0.25) is 9.25 Å². The van der Waals surface area contributed by atoms with E-state index >= 15 is 0 Å². The van der Waals surface area contributed by atoms with Gasteiger partial charge in [-0.05, 0) is 13.0 Å². The Kier molecular flexibility index (Phi) is 3.83. The van der Waals surface area contributed by atoms with Gasteiger partial charge in [0.15, 0.2) is 5.78 Å². The quantitative estimate of drug-likeness (QED) is 0.700. The first-order valence-corrected chi connectivity index (χ1v) is 5.78.